The Morgan fingerprint density at radius 3 is 2.32 bits per heavy atom. The Morgan fingerprint density at radius 2 is 1.64 bits per heavy atom. The first-order valence-electron chi connectivity index (χ1n) is 9.45. The lowest BCUT2D eigenvalue weighted by Crippen LogP contribution is -2.28. The summed E-state index contributed by atoms with van der Waals surface area (Å²) in [5, 5.41) is 0. The predicted octanol–water partition coefficient (Wildman–Crippen LogP) is 1.78. The summed E-state index contributed by atoms with van der Waals surface area (Å²) in [6, 6.07) is 2.13. The summed E-state index contributed by atoms with van der Waals surface area (Å²) in [5.74, 6) is 2.93. The van der Waals surface area contributed by atoms with Crippen molar-refractivity contribution in [2.45, 2.75) is 25.7 Å². The molecule has 0 aromatic carbocycles. The Bertz CT molecular complexity index is 496. The van der Waals surface area contributed by atoms with E-state index in [0.29, 0.717) is 19.8 Å². The quantitative estimate of drug-likeness (QED) is 0.630. The van der Waals surface area contributed by atoms with Crippen molar-refractivity contribution in [1.29, 1.82) is 0 Å². The molecule has 2 aliphatic rings. The van der Waals surface area contributed by atoms with Crippen LogP contribution in [-0.4, -0.2) is 76.7 Å². The number of rotatable bonds is 9. The monoisotopic (exact) mass is 349 g/mol. The largest absolute Gasteiger partial charge is 0.382 e. The van der Waals surface area contributed by atoms with E-state index in [1.165, 1.54) is 25.7 Å². The summed E-state index contributed by atoms with van der Waals surface area (Å²) in [6.45, 7) is 7.06. The van der Waals surface area contributed by atoms with E-state index < -0.39 is 0 Å². The fraction of sp³-hybridized carbons (Fsp3) is 0.778. The van der Waals surface area contributed by atoms with Crippen LogP contribution < -0.4 is 14.7 Å². The third-order valence-electron chi connectivity index (χ3n) is 4.90. The number of hydrogen-bond acceptors (Lipinski definition) is 7. The molecule has 0 N–H and O–H groups in total. The zero-order valence-electron chi connectivity index (χ0n) is 15.6. The molecular weight excluding hydrogens is 318 g/mol. The lowest BCUT2D eigenvalue weighted by Gasteiger charge is -2.25. The average molecular weight is 349 g/mol. The number of aromatic nitrogens is 2. The van der Waals surface area contributed by atoms with Gasteiger partial charge in [0.05, 0.1) is 19.8 Å². The van der Waals surface area contributed by atoms with Gasteiger partial charge in [-0.3, -0.25) is 0 Å². The minimum Gasteiger partial charge on any atom is -0.382 e. The average Bonchev–Trinajstić information content (AvgIpc) is 3.34. The molecule has 0 spiro atoms. The normalized spacial score (nSPS) is 17.5. The molecule has 2 aliphatic heterocycles. The summed E-state index contributed by atoms with van der Waals surface area (Å²) < 4.78 is 10.6. The third kappa shape index (κ3) is 4.95. The van der Waals surface area contributed by atoms with Gasteiger partial charge >= 0.3 is 0 Å². The molecule has 0 radical (unpaired) electrons. The van der Waals surface area contributed by atoms with Crippen molar-refractivity contribution in [2.24, 2.45) is 0 Å². The second-order valence-electron chi connectivity index (χ2n) is 6.80. The molecule has 2 saturated heterocycles. The van der Waals surface area contributed by atoms with Crippen molar-refractivity contribution < 1.29 is 9.47 Å². The van der Waals surface area contributed by atoms with Gasteiger partial charge in [-0.2, -0.15) is 9.97 Å². The molecule has 1 aromatic rings. The molecule has 1 aromatic heterocycles. The van der Waals surface area contributed by atoms with Gasteiger partial charge in [0.2, 0.25) is 5.95 Å². The standard InChI is InChI=1S/C18H31N5O2/c1-21(11-12-25-14-13-24-2)16-15-17(22-7-3-4-8-22)20-18(19-16)23-9-5-6-10-23/h15H,3-14H2,1-2H3. The van der Waals surface area contributed by atoms with E-state index in [9.17, 15) is 0 Å². The van der Waals surface area contributed by atoms with Crippen LogP contribution in [0, 0.1) is 0 Å². The number of nitrogens with zero attached hydrogens (tertiary/aromatic N) is 5. The smallest absolute Gasteiger partial charge is 0.229 e. The highest BCUT2D eigenvalue weighted by atomic mass is 16.5. The van der Waals surface area contributed by atoms with Gasteiger partial charge in [0.15, 0.2) is 0 Å². The maximum Gasteiger partial charge on any atom is 0.229 e. The van der Waals surface area contributed by atoms with Gasteiger partial charge in [-0.05, 0) is 25.7 Å². The van der Waals surface area contributed by atoms with Crippen LogP contribution in [0.2, 0.25) is 0 Å². The van der Waals surface area contributed by atoms with Crippen LogP contribution >= 0.6 is 0 Å². The van der Waals surface area contributed by atoms with E-state index in [4.69, 9.17) is 19.4 Å². The zero-order chi connectivity index (χ0) is 17.5. The SMILES string of the molecule is COCCOCCN(C)c1cc(N2CCCC2)nc(N2CCCC2)n1. The Labute approximate surface area is 150 Å². The summed E-state index contributed by atoms with van der Waals surface area (Å²) >= 11 is 0. The van der Waals surface area contributed by atoms with Crippen molar-refractivity contribution in [3.8, 4) is 0 Å². The van der Waals surface area contributed by atoms with Crippen molar-refractivity contribution in [2.75, 3.05) is 81.4 Å². The lowest BCUT2D eigenvalue weighted by atomic mass is 10.4. The Morgan fingerprint density at radius 1 is 0.960 bits per heavy atom. The lowest BCUT2D eigenvalue weighted by molar-refractivity contribution is 0.0743. The molecule has 25 heavy (non-hydrogen) atoms. The number of ether oxygens (including phenoxy) is 2. The van der Waals surface area contributed by atoms with Crippen LogP contribution in [0.25, 0.3) is 0 Å². The van der Waals surface area contributed by atoms with Crippen LogP contribution in [0.3, 0.4) is 0 Å². The van der Waals surface area contributed by atoms with Gasteiger partial charge in [-0.15, -0.1) is 0 Å². The number of anilines is 3. The summed E-state index contributed by atoms with van der Waals surface area (Å²) in [7, 11) is 3.76. The van der Waals surface area contributed by atoms with Crippen LogP contribution in [0.15, 0.2) is 6.07 Å². The van der Waals surface area contributed by atoms with E-state index in [1.807, 2.05) is 0 Å². The van der Waals surface area contributed by atoms with Crippen LogP contribution in [-0.2, 0) is 9.47 Å². The summed E-state index contributed by atoms with van der Waals surface area (Å²) in [6.07, 6.45) is 4.97. The Hall–Kier alpha value is -1.60. The van der Waals surface area contributed by atoms with Crippen LogP contribution in [0.1, 0.15) is 25.7 Å². The first kappa shape index (κ1) is 18.2. The molecule has 0 amide bonds. The van der Waals surface area contributed by atoms with Gasteiger partial charge in [0.25, 0.3) is 0 Å². The molecule has 7 nitrogen and oxygen atoms in total. The molecule has 3 heterocycles. The zero-order valence-corrected chi connectivity index (χ0v) is 15.6. The van der Waals surface area contributed by atoms with E-state index in [1.54, 1.807) is 7.11 Å². The summed E-state index contributed by atoms with van der Waals surface area (Å²) in [5.41, 5.74) is 0. The molecule has 0 atom stereocenters. The molecule has 140 valence electrons. The van der Waals surface area contributed by atoms with Crippen molar-refractivity contribution in [1.82, 2.24) is 9.97 Å². The highest BCUT2D eigenvalue weighted by Gasteiger charge is 2.21. The first-order valence-corrected chi connectivity index (χ1v) is 9.45. The van der Waals surface area contributed by atoms with Crippen LogP contribution in [0.4, 0.5) is 17.6 Å². The maximum absolute atomic E-state index is 5.60. The van der Waals surface area contributed by atoms with E-state index in [-0.39, 0.29) is 0 Å². The molecule has 0 saturated carbocycles. The fourth-order valence-electron chi connectivity index (χ4n) is 3.33. The first-order chi connectivity index (χ1) is 12.3. The van der Waals surface area contributed by atoms with Gasteiger partial charge in [0, 0.05) is 52.9 Å². The van der Waals surface area contributed by atoms with E-state index >= 15 is 0 Å². The molecule has 3 rings (SSSR count). The highest BCUT2D eigenvalue weighted by Crippen LogP contribution is 2.26. The van der Waals surface area contributed by atoms with E-state index in [0.717, 1.165) is 50.3 Å². The number of hydrogen-bond donors (Lipinski definition) is 0. The van der Waals surface area contributed by atoms with Gasteiger partial charge in [-0.1, -0.05) is 0 Å². The number of likely N-dealkylation sites (N-methyl/N-ethyl adjacent to an activating group) is 1. The molecule has 0 bridgehead atoms. The highest BCUT2D eigenvalue weighted by molar-refractivity contribution is 5.56. The summed E-state index contributed by atoms with van der Waals surface area (Å²) in [4.78, 5) is 16.6. The van der Waals surface area contributed by atoms with Gasteiger partial charge in [-0.25, -0.2) is 0 Å². The molecule has 0 aliphatic carbocycles. The minimum atomic E-state index is 0.631. The van der Waals surface area contributed by atoms with Crippen molar-refractivity contribution in [3.05, 3.63) is 6.07 Å². The fourth-order valence-corrected chi connectivity index (χ4v) is 3.33. The number of methoxy groups -OCH3 is 1. The second-order valence-corrected chi connectivity index (χ2v) is 6.80. The minimum absolute atomic E-state index is 0.631. The molecule has 7 heteroatoms. The Kier molecular flexibility index (Phi) is 6.69. The van der Waals surface area contributed by atoms with Gasteiger partial charge < -0.3 is 24.2 Å². The molecule has 0 unspecified atom stereocenters. The third-order valence-corrected chi connectivity index (χ3v) is 4.90. The Balaban J connectivity index is 1.69. The second kappa shape index (κ2) is 9.20. The van der Waals surface area contributed by atoms with Crippen LogP contribution in [0.5, 0.6) is 0 Å². The maximum atomic E-state index is 5.60. The van der Waals surface area contributed by atoms with Crippen molar-refractivity contribution in [3.63, 3.8) is 0 Å². The van der Waals surface area contributed by atoms with Crippen molar-refractivity contribution >= 4 is 17.6 Å². The topological polar surface area (TPSA) is 54.0 Å². The van der Waals surface area contributed by atoms with E-state index in [2.05, 4.69) is 27.8 Å². The van der Waals surface area contributed by atoms with Gasteiger partial charge in [0.1, 0.15) is 11.6 Å². The predicted molar refractivity (Wildman–Crippen MR) is 101 cm³/mol. The molecular formula is C18H31N5O2. The molecule has 2 fully saturated rings.